The fourth-order valence-corrected chi connectivity index (χ4v) is 5.06. The molecule has 0 unspecified atom stereocenters. The Morgan fingerprint density at radius 2 is 0.593 bits per heavy atom. The van der Waals surface area contributed by atoms with Crippen LogP contribution in [0.3, 0.4) is 0 Å². The minimum atomic E-state index is -4.69. The monoisotopic (exact) mass is 505 g/mol. The van der Waals surface area contributed by atoms with Gasteiger partial charge >= 0.3 is 119 Å². The smallest absolute Gasteiger partial charge is 0.324 e. The molecule has 0 saturated carbocycles. The van der Waals surface area contributed by atoms with Crippen molar-refractivity contribution in [3.63, 3.8) is 0 Å². The molecule has 0 aliphatic heterocycles. The quantitative estimate of drug-likeness (QED) is 0.0962. The van der Waals surface area contributed by atoms with Gasteiger partial charge in [-0.3, -0.25) is 28.1 Å². The van der Waals surface area contributed by atoms with Crippen LogP contribution in [0.4, 0.5) is 0 Å². The third-order valence-corrected chi connectivity index (χ3v) is 5.34. The molecule has 14 nitrogen and oxygen atoms in total. The van der Waals surface area contributed by atoms with Crippen LogP contribution in [-0.2, 0) is 18.3 Å². The van der Waals surface area contributed by atoms with Crippen molar-refractivity contribution >= 4 is 30.4 Å². The fraction of sp³-hybridized carbons (Fsp3) is 1.00. The first-order chi connectivity index (χ1) is 10.4. The van der Waals surface area contributed by atoms with Crippen LogP contribution in [0.15, 0.2) is 0 Å². The average molecular weight is 505 g/mol. The SMILES string of the molecule is O=P(O)(O)CN(CCN(CP(=O)(O)O)CP(=O)(O)O)CP(=O)(O)O.[Na+].[Na+].[Na+]. The van der Waals surface area contributed by atoms with Gasteiger partial charge in [-0.15, -0.1) is 0 Å². The topological polar surface area (TPSA) is 237 Å². The summed E-state index contributed by atoms with van der Waals surface area (Å²) in [6.07, 6.45) is -4.18. The number of nitrogens with zero attached hydrogens (tertiary/aromatic N) is 2. The second-order valence-corrected chi connectivity index (χ2v) is 11.5. The maximum atomic E-state index is 11.0. The summed E-state index contributed by atoms with van der Waals surface area (Å²) in [5.74, 6) is 0. The van der Waals surface area contributed by atoms with Gasteiger partial charge in [-0.2, -0.15) is 0 Å². The van der Waals surface area contributed by atoms with E-state index in [-0.39, 0.29) is 88.7 Å². The Hall–Kier alpha value is 3.52. The summed E-state index contributed by atoms with van der Waals surface area (Å²) in [6, 6.07) is 0. The van der Waals surface area contributed by atoms with Gasteiger partial charge in [0.1, 0.15) is 25.1 Å². The molecule has 0 radical (unpaired) electrons. The molecule has 0 heterocycles. The molecule has 0 amide bonds. The molecule has 0 bridgehead atoms. The Bertz CT molecular complexity index is 500. The number of hydrogen-bond acceptors (Lipinski definition) is 6. The third-order valence-electron chi connectivity index (χ3n) is 2.27. The van der Waals surface area contributed by atoms with Gasteiger partial charge in [0, 0.05) is 13.1 Å². The van der Waals surface area contributed by atoms with E-state index in [1.165, 1.54) is 0 Å². The van der Waals surface area contributed by atoms with Crippen molar-refractivity contribution in [1.29, 1.82) is 0 Å². The van der Waals surface area contributed by atoms with E-state index in [1.807, 2.05) is 0 Å². The minimum absolute atomic E-state index is 0. The first-order valence-electron chi connectivity index (χ1n) is 5.99. The summed E-state index contributed by atoms with van der Waals surface area (Å²) in [5.41, 5.74) is 0. The molecule has 0 aliphatic rings. The standard InChI is InChI=1S/C6H20N2O12P4.3Na/c9-21(10,11)3-7(4-22(12,13)14)1-2-8(5-23(15,16)17)6-24(18,19)20;;;/h1-6H2,(H2,9,10,11)(H2,12,13,14)(H2,15,16,17)(H2,18,19,20);;;/q;3*+1. The van der Waals surface area contributed by atoms with Crippen molar-refractivity contribution in [3.05, 3.63) is 0 Å². The van der Waals surface area contributed by atoms with Gasteiger partial charge in [0.2, 0.25) is 0 Å². The van der Waals surface area contributed by atoms with E-state index < -0.39 is 68.6 Å². The van der Waals surface area contributed by atoms with Crippen LogP contribution in [0.1, 0.15) is 0 Å². The van der Waals surface area contributed by atoms with E-state index in [2.05, 4.69) is 0 Å². The molecule has 21 heteroatoms. The van der Waals surface area contributed by atoms with Gasteiger partial charge in [-0.25, -0.2) is 0 Å². The summed E-state index contributed by atoms with van der Waals surface area (Å²) in [7, 11) is -18.8. The van der Waals surface area contributed by atoms with Gasteiger partial charge in [-0.05, 0) is 0 Å². The first kappa shape index (κ1) is 37.8. The normalized spacial score (nSPS) is 13.0. The molecule has 0 spiro atoms. The Kier molecular flexibility index (Phi) is 21.5. The maximum Gasteiger partial charge on any atom is 1.00 e. The number of rotatable bonds is 11. The maximum absolute atomic E-state index is 11.0. The zero-order valence-electron chi connectivity index (χ0n) is 15.1. The van der Waals surface area contributed by atoms with Crippen molar-refractivity contribution < 1.29 is 146 Å². The molecule has 146 valence electrons. The predicted octanol–water partition coefficient (Wildman–Crippen LogP) is -10.9. The van der Waals surface area contributed by atoms with Crippen LogP contribution in [-0.4, -0.2) is 87.2 Å². The van der Waals surface area contributed by atoms with E-state index in [0.717, 1.165) is 0 Å². The van der Waals surface area contributed by atoms with Gasteiger partial charge in [0.05, 0.1) is 0 Å². The second-order valence-electron chi connectivity index (χ2n) is 5.01. The Morgan fingerprint density at radius 3 is 0.704 bits per heavy atom. The molecule has 0 aromatic carbocycles. The van der Waals surface area contributed by atoms with E-state index in [9.17, 15) is 18.3 Å². The van der Waals surface area contributed by atoms with Crippen molar-refractivity contribution in [2.45, 2.75) is 0 Å². The molecular weight excluding hydrogens is 485 g/mol. The van der Waals surface area contributed by atoms with Crippen molar-refractivity contribution in [3.8, 4) is 0 Å². The summed E-state index contributed by atoms with van der Waals surface area (Å²) < 4.78 is 43.9. The van der Waals surface area contributed by atoms with Gasteiger partial charge < -0.3 is 39.1 Å². The molecule has 0 atom stereocenters. The summed E-state index contributed by atoms with van der Waals surface area (Å²) in [4.78, 5) is 72.3. The zero-order valence-corrected chi connectivity index (χ0v) is 24.7. The van der Waals surface area contributed by atoms with Crippen molar-refractivity contribution in [2.24, 2.45) is 0 Å². The molecule has 27 heavy (non-hydrogen) atoms. The predicted molar refractivity (Wildman–Crippen MR) is 81.1 cm³/mol. The minimum Gasteiger partial charge on any atom is -0.324 e. The average Bonchev–Trinajstić information content (AvgIpc) is 2.16. The van der Waals surface area contributed by atoms with E-state index in [1.54, 1.807) is 0 Å². The van der Waals surface area contributed by atoms with E-state index >= 15 is 0 Å². The second kappa shape index (κ2) is 15.4. The zero-order chi connectivity index (χ0) is 19.4. The Labute approximate surface area is 222 Å². The summed E-state index contributed by atoms with van der Waals surface area (Å²) in [5, 5.41) is 0. The first-order valence-corrected chi connectivity index (χ1v) is 13.2. The Morgan fingerprint density at radius 1 is 0.444 bits per heavy atom. The van der Waals surface area contributed by atoms with Gasteiger partial charge in [0.25, 0.3) is 0 Å². The molecule has 0 rings (SSSR count). The largest absolute Gasteiger partial charge is 1.00 e. The van der Waals surface area contributed by atoms with Crippen LogP contribution < -0.4 is 88.7 Å². The molecule has 8 N–H and O–H groups in total. The summed E-state index contributed by atoms with van der Waals surface area (Å²) >= 11 is 0. The van der Waals surface area contributed by atoms with Crippen molar-refractivity contribution in [2.75, 3.05) is 38.2 Å². The summed E-state index contributed by atoms with van der Waals surface area (Å²) in [6.45, 7) is -1.01. The van der Waals surface area contributed by atoms with Crippen LogP contribution in [0.2, 0.25) is 0 Å². The van der Waals surface area contributed by atoms with E-state index in [0.29, 0.717) is 9.80 Å². The van der Waals surface area contributed by atoms with Crippen LogP contribution >= 0.6 is 30.4 Å². The third kappa shape index (κ3) is 27.5. The molecule has 0 aromatic rings. The molecule has 0 aromatic heterocycles. The van der Waals surface area contributed by atoms with Gasteiger partial charge in [0.15, 0.2) is 0 Å². The molecule has 0 aliphatic carbocycles. The number of hydrogen-bond donors (Lipinski definition) is 8. The van der Waals surface area contributed by atoms with Crippen molar-refractivity contribution in [1.82, 2.24) is 9.80 Å². The Balaban J connectivity index is -0.000000882. The molecule has 0 saturated heterocycles. The molecular formula is C6H20N2Na3O12P4+3. The van der Waals surface area contributed by atoms with Gasteiger partial charge in [-0.1, -0.05) is 0 Å². The van der Waals surface area contributed by atoms with Crippen LogP contribution in [0.5, 0.6) is 0 Å². The molecule has 0 fully saturated rings. The van der Waals surface area contributed by atoms with Crippen LogP contribution in [0.25, 0.3) is 0 Å². The van der Waals surface area contributed by atoms with Crippen LogP contribution in [0, 0.1) is 0 Å². The van der Waals surface area contributed by atoms with E-state index in [4.69, 9.17) is 39.1 Å². The fourth-order valence-electron chi connectivity index (χ4n) is 1.70.